The maximum absolute atomic E-state index is 2.41. The molecule has 272 valence electrons. The molecule has 12 rings (SSSR count). The SMILES string of the molecule is c1ccc2c(c1)c1ccccc1n2-c1ccc([Te+](c2ccc(-n3c4ccccc4c4ccccc43)cc2)c2ccc(-n3c4ccccc4c4ccccc43)cc2)cc1. The second-order valence-corrected chi connectivity index (χ2v) is 20.7. The Labute approximate surface area is 342 Å². The molecule has 3 aromatic heterocycles. The van der Waals surface area contributed by atoms with Crippen molar-refractivity contribution in [3.05, 3.63) is 218 Å². The first-order chi connectivity index (χ1) is 28.8. The van der Waals surface area contributed by atoms with Gasteiger partial charge in [-0.2, -0.15) is 0 Å². The van der Waals surface area contributed by atoms with E-state index in [1.165, 1.54) is 93.3 Å². The Hall–Kier alpha value is -6.83. The summed E-state index contributed by atoms with van der Waals surface area (Å²) in [5, 5.41) is 7.68. The first-order valence-corrected chi connectivity index (χ1v) is 23.3. The fourth-order valence-electron chi connectivity index (χ4n) is 9.20. The van der Waals surface area contributed by atoms with Crippen molar-refractivity contribution in [1.82, 2.24) is 13.7 Å². The Kier molecular flexibility index (Phi) is 7.69. The van der Waals surface area contributed by atoms with Crippen LogP contribution in [0.25, 0.3) is 82.5 Å². The summed E-state index contributed by atoms with van der Waals surface area (Å²) in [6.07, 6.45) is 0. The Balaban J connectivity index is 0.996. The number of para-hydroxylation sites is 6. The van der Waals surface area contributed by atoms with Crippen molar-refractivity contribution >= 4 is 95.8 Å². The molecule has 3 nitrogen and oxygen atoms in total. The quantitative estimate of drug-likeness (QED) is 0.148. The van der Waals surface area contributed by atoms with E-state index >= 15 is 0 Å². The monoisotopic (exact) mass is 856 g/mol. The summed E-state index contributed by atoms with van der Waals surface area (Å²) < 4.78 is 11.5. The third-order valence-electron chi connectivity index (χ3n) is 11.7. The topological polar surface area (TPSA) is 14.8 Å². The first kappa shape index (κ1) is 33.3. The first-order valence-electron chi connectivity index (χ1n) is 19.8. The van der Waals surface area contributed by atoms with Crippen LogP contribution in [0.4, 0.5) is 0 Å². The molecule has 0 saturated heterocycles. The molecule has 0 atom stereocenters. The van der Waals surface area contributed by atoms with Gasteiger partial charge in [0.05, 0.1) is 0 Å². The summed E-state index contributed by atoms with van der Waals surface area (Å²) in [6, 6.07) is 80.9. The molecule has 0 unspecified atom stereocenters. The molecule has 9 aromatic carbocycles. The minimum absolute atomic E-state index is 1.18. The van der Waals surface area contributed by atoms with Gasteiger partial charge in [-0.25, -0.2) is 0 Å². The van der Waals surface area contributed by atoms with Gasteiger partial charge in [0.25, 0.3) is 0 Å². The molecule has 0 aliphatic heterocycles. The molecule has 0 bridgehead atoms. The second kappa shape index (κ2) is 13.4. The molecule has 0 fully saturated rings. The summed E-state index contributed by atoms with van der Waals surface area (Å²) in [4.78, 5) is 0. The Morgan fingerprint density at radius 3 is 0.603 bits per heavy atom. The van der Waals surface area contributed by atoms with Crippen molar-refractivity contribution in [1.29, 1.82) is 0 Å². The minimum atomic E-state index is -2.37. The van der Waals surface area contributed by atoms with Gasteiger partial charge in [0.2, 0.25) is 0 Å². The average molecular weight is 855 g/mol. The predicted octanol–water partition coefficient (Wildman–Crippen LogP) is 11.5. The van der Waals surface area contributed by atoms with Gasteiger partial charge in [-0.15, -0.1) is 0 Å². The number of aromatic nitrogens is 3. The van der Waals surface area contributed by atoms with E-state index in [4.69, 9.17) is 0 Å². The zero-order chi connectivity index (χ0) is 38.2. The van der Waals surface area contributed by atoms with Crippen LogP contribution < -0.4 is 10.8 Å². The van der Waals surface area contributed by atoms with E-state index in [0.717, 1.165) is 0 Å². The van der Waals surface area contributed by atoms with Crippen LogP contribution in [0.15, 0.2) is 218 Å². The van der Waals surface area contributed by atoms with Crippen molar-refractivity contribution in [3.8, 4) is 17.1 Å². The van der Waals surface area contributed by atoms with Crippen LogP contribution in [0.2, 0.25) is 0 Å². The molecule has 0 aliphatic carbocycles. The van der Waals surface area contributed by atoms with Crippen molar-refractivity contribution in [2.24, 2.45) is 0 Å². The molecule has 58 heavy (non-hydrogen) atoms. The van der Waals surface area contributed by atoms with Gasteiger partial charge < -0.3 is 0 Å². The molecule has 12 aromatic rings. The van der Waals surface area contributed by atoms with Crippen LogP contribution >= 0.6 is 0 Å². The molecule has 0 saturated carbocycles. The van der Waals surface area contributed by atoms with E-state index in [0.29, 0.717) is 0 Å². The van der Waals surface area contributed by atoms with Gasteiger partial charge in [0.15, 0.2) is 0 Å². The zero-order valence-electron chi connectivity index (χ0n) is 31.5. The fourth-order valence-corrected chi connectivity index (χ4v) is 15.0. The standard InChI is InChI=1S/C54H36N3Te/c1-7-19-49-43(13-1)44-14-2-8-20-50(44)55(49)37-25-31-40(32-26-37)58(41-33-27-38(28-34-41)56-51-21-9-3-15-45(51)46-16-4-10-22-52(46)56)42-35-29-39(30-36-42)57-53-23-11-5-17-47(53)48-18-6-12-24-54(48)57/h1-36H/q+1. The number of fused-ring (bicyclic) bond motifs is 9. The zero-order valence-corrected chi connectivity index (χ0v) is 33.9. The summed E-state index contributed by atoms with van der Waals surface area (Å²) in [7, 11) is 0. The van der Waals surface area contributed by atoms with Gasteiger partial charge in [-0.05, 0) is 0 Å². The second-order valence-electron chi connectivity index (χ2n) is 14.9. The van der Waals surface area contributed by atoms with Crippen LogP contribution in [0.1, 0.15) is 0 Å². The number of benzene rings is 9. The fraction of sp³-hybridized carbons (Fsp3) is 0. The van der Waals surface area contributed by atoms with E-state index in [2.05, 4.69) is 232 Å². The normalized spacial score (nSPS) is 11.9. The Morgan fingerprint density at radius 1 is 0.207 bits per heavy atom. The third-order valence-corrected chi connectivity index (χ3v) is 18.1. The van der Waals surface area contributed by atoms with E-state index in [1.807, 2.05) is 0 Å². The van der Waals surface area contributed by atoms with E-state index in [9.17, 15) is 0 Å². The summed E-state index contributed by atoms with van der Waals surface area (Å²) in [5.74, 6) is 0. The molecule has 0 radical (unpaired) electrons. The van der Waals surface area contributed by atoms with Crippen LogP contribution in [0, 0.1) is 0 Å². The summed E-state index contributed by atoms with van der Waals surface area (Å²) in [6.45, 7) is 0. The Bertz CT molecular complexity index is 2960. The van der Waals surface area contributed by atoms with Crippen LogP contribution in [0.5, 0.6) is 0 Å². The van der Waals surface area contributed by atoms with Crippen molar-refractivity contribution in [3.63, 3.8) is 0 Å². The van der Waals surface area contributed by atoms with Gasteiger partial charge in [0.1, 0.15) is 0 Å². The average Bonchev–Trinajstić information content (AvgIpc) is 3.93. The summed E-state index contributed by atoms with van der Waals surface area (Å²) >= 11 is -2.37. The van der Waals surface area contributed by atoms with Crippen LogP contribution in [-0.4, -0.2) is 33.3 Å². The number of nitrogens with zero attached hydrogens (tertiary/aromatic N) is 3. The van der Waals surface area contributed by atoms with Crippen molar-refractivity contribution in [2.45, 2.75) is 0 Å². The third kappa shape index (κ3) is 5.13. The van der Waals surface area contributed by atoms with E-state index < -0.39 is 19.6 Å². The van der Waals surface area contributed by atoms with Gasteiger partial charge >= 0.3 is 345 Å². The molecule has 0 N–H and O–H groups in total. The summed E-state index contributed by atoms with van der Waals surface area (Å²) in [5.41, 5.74) is 10.9. The molecule has 0 aliphatic rings. The molecular weight excluding hydrogens is 818 g/mol. The number of hydrogen-bond donors (Lipinski definition) is 0. The van der Waals surface area contributed by atoms with Crippen LogP contribution in [0.3, 0.4) is 0 Å². The van der Waals surface area contributed by atoms with E-state index in [-0.39, 0.29) is 0 Å². The van der Waals surface area contributed by atoms with Crippen LogP contribution in [-0.2, 0) is 0 Å². The van der Waals surface area contributed by atoms with Gasteiger partial charge in [-0.1, -0.05) is 0 Å². The van der Waals surface area contributed by atoms with Gasteiger partial charge in [0, 0.05) is 0 Å². The van der Waals surface area contributed by atoms with Crippen molar-refractivity contribution in [2.75, 3.05) is 0 Å². The van der Waals surface area contributed by atoms with Crippen molar-refractivity contribution < 1.29 is 0 Å². The molecule has 0 spiro atoms. The Morgan fingerprint density at radius 2 is 0.397 bits per heavy atom. The van der Waals surface area contributed by atoms with Gasteiger partial charge in [-0.3, -0.25) is 0 Å². The molecule has 0 amide bonds. The predicted molar refractivity (Wildman–Crippen MR) is 247 cm³/mol. The maximum atomic E-state index is 2.41. The number of rotatable bonds is 6. The molecule has 3 heterocycles. The molecule has 4 heteroatoms. The van der Waals surface area contributed by atoms with E-state index in [1.54, 1.807) is 0 Å². The number of hydrogen-bond acceptors (Lipinski definition) is 0. The molecular formula is C54H36N3Te+.